The van der Waals surface area contributed by atoms with Gasteiger partial charge in [0.1, 0.15) is 11.5 Å². The Hall–Kier alpha value is -2.70. The summed E-state index contributed by atoms with van der Waals surface area (Å²) in [4.78, 5) is 10.9. The molecule has 2 aromatic rings. The Morgan fingerprint density at radius 3 is 2.28 bits per heavy atom. The molecule has 0 atom stereocenters. The van der Waals surface area contributed by atoms with Gasteiger partial charge >= 0.3 is 0 Å². The highest BCUT2D eigenvalue weighted by atomic mass is 16.5. The lowest BCUT2D eigenvalue weighted by Gasteiger charge is -2.33. The van der Waals surface area contributed by atoms with E-state index in [1.54, 1.807) is 33.6 Å². The van der Waals surface area contributed by atoms with Crippen molar-refractivity contribution in [3.8, 4) is 17.4 Å². The van der Waals surface area contributed by atoms with Gasteiger partial charge in [-0.3, -0.25) is 0 Å². The minimum absolute atomic E-state index is 0.388. The highest BCUT2D eigenvalue weighted by molar-refractivity contribution is 5.54. The van der Waals surface area contributed by atoms with Gasteiger partial charge in [0.2, 0.25) is 11.8 Å². The number of piperidine rings is 1. The highest BCUT2D eigenvalue weighted by Crippen LogP contribution is 2.28. The number of nitrogens with one attached hydrogen (secondary N) is 1. The fourth-order valence-corrected chi connectivity index (χ4v) is 2.95. The first-order valence-corrected chi connectivity index (χ1v) is 8.33. The van der Waals surface area contributed by atoms with E-state index in [4.69, 9.17) is 14.2 Å². The molecule has 7 nitrogen and oxygen atoms in total. The van der Waals surface area contributed by atoms with Gasteiger partial charge in [0.15, 0.2) is 0 Å². The highest BCUT2D eigenvalue weighted by Gasteiger charge is 2.21. The Morgan fingerprint density at radius 2 is 1.68 bits per heavy atom. The maximum absolute atomic E-state index is 5.33. The van der Waals surface area contributed by atoms with Gasteiger partial charge in [-0.25, -0.2) is 4.98 Å². The van der Waals surface area contributed by atoms with Crippen molar-refractivity contribution in [2.75, 3.05) is 44.6 Å². The van der Waals surface area contributed by atoms with Gasteiger partial charge in [0, 0.05) is 55.3 Å². The summed E-state index contributed by atoms with van der Waals surface area (Å²) in [6, 6.07) is 7.99. The minimum Gasteiger partial charge on any atom is -0.497 e. The van der Waals surface area contributed by atoms with Gasteiger partial charge in [-0.05, 0) is 12.8 Å². The van der Waals surface area contributed by atoms with Crippen molar-refractivity contribution in [3.63, 3.8) is 0 Å². The lowest BCUT2D eigenvalue weighted by molar-refractivity contribution is 0.394. The average Bonchev–Trinajstić information content (AvgIpc) is 2.68. The number of ether oxygens (including phenoxy) is 3. The molecule has 1 saturated heterocycles. The molecule has 1 N–H and O–H groups in total. The molecular weight excluding hydrogens is 320 g/mol. The smallest absolute Gasteiger partial charge is 0.228 e. The van der Waals surface area contributed by atoms with Crippen molar-refractivity contribution in [1.29, 1.82) is 0 Å². The molecule has 25 heavy (non-hydrogen) atoms. The second-order valence-electron chi connectivity index (χ2n) is 5.91. The maximum atomic E-state index is 5.33. The summed E-state index contributed by atoms with van der Waals surface area (Å²) in [7, 11) is 4.93. The molecule has 0 amide bonds. The second kappa shape index (κ2) is 7.92. The van der Waals surface area contributed by atoms with Gasteiger partial charge in [0.25, 0.3) is 0 Å². The molecule has 2 heterocycles. The normalized spacial score (nSPS) is 14.9. The Labute approximate surface area is 147 Å². The van der Waals surface area contributed by atoms with Gasteiger partial charge in [0.05, 0.1) is 21.3 Å². The number of benzene rings is 1. The van der Waals surface area contributed by atoms with E-state index < -0.39 is 0 Å². The first kappa shape index (κ1) is 17.1. The number of hydrogen-bond donors (Lipinski definition) is 1. The Balaban J connectivity index is 1.61. The fourth-order valence-electron chi connectivity index (χ4n) is 2.95. The number of aromatic nitrogens is 2. The average molecular weight is 344 g/mol. The zero-order valence-electron chi connectivity index (χ0n) is 14.9. The third-order valence-electron chi connectivity index (χ3n) is 4.33. The van der Waals surface area contributed by atoms with Crippen LogP contribution in [0.15, 0.2) is 30.5 Å². The maximum Gasteiger partial charge on any atom is 0.228 e. The molecule has 7 heteroatoms. The molecule has 1 aliphatic heterocycles. The van der Waals surface area contributed by atoms with Crippen molar-refractivity contribution >= 4 is 11.6 Å². The van der Waals surface area contributed by atoms with E-state index >= 15 is 0 Å². The molecule has 0 radical (unpaired) electrons. The number of nitrogens with zero attached hydrogens (tertiary/aromatic N) is 3. The largest absolute Gasteiger partial charge is 0.497 e. The summed E-state index contributed by atoms with van der Waals surface area (Å²) < 4.78 is 15.8. The third-order valence-corrected chi connectivity index (χ3v) is 4.33. The molecule has 0 saturated carbocycles. The SMILES string of the molecule is COc1cc(NC2CCN(c3nccc(OC)n3)CC2)cc(OC)c1. The van der Waals surface area contributed by atoms with Crippen molar-refractivity contribution in [2.45, 2.75) is 18.9 Å². The van der Waals surface area contributed by atoms with Crippen LogP contribution in [-0.4, -0.2) is 50.4 Å². The molecule has 0 aliphatic carbocycles. The van der Waals surface area contributed by atoms with Crippen LogP contribution >= 0.6 is 0 Å². The molecule has 3 rings (SSSR count). The minimum atomic E-state index is 0.388. The van der Waals surface area contributed by atoms with Crippen molar-refractivity contribution in [1.82, 2.24) is 9.97 Å². The summed E-state index contributed by atoms with van der Waals surface area (Å²) in [5.41, 5.74) is 1.01. The van der Waals surface area contributed by atoms with Crippen LogP contribution < -0.4 is 24.4 Å². The Kier molecular flexibility index (Phi) is 5.42. The molecule has 0 bridgehead atoms. The van der Waals surface area contributed by atoms with Gasteiger partial charge in [-0.15, -0.1) is 0 Å². The summed E-state index contributed by atoms with van der Waals surface area (Å²) in [6.07, 6.45) is 3.73. The quantitative estimate of drug-likeness (QED) is 0.864. The van der Waals surface area contributed by atoms with E-state index in [1.165, 1.54) is 0 Å². The predicted octanol–water partition coefficient (Wildman–Crippen LogP) is 2.58. The van der Waals surface area contributed by atoms with Crippen LogP contribution in [0.1, 0.15) is 12.8 Å². The fraction of sp³-hybridized carbons (Fsp3) is 0.444. The van der Waals surface area contributed by atoms with Gasteiger partial charge < -0.3 is 24.4 Å². The first-order valence-electron chi connectivity index (χ1n) is 8.33. The molecule has 0 spiro atoms. The van der Waals surface area contributed by atoms with E-state index in [2.05, 4.69) is 20.2 Å². The van der Waals surface area contributed by atoms with Crippen LogP contribution in [0.25, 0.3) is 0 Å². The summed E-state index contributed by atoms with van der Waals surface area (Å²) >= 11 is 0. The van der Waals surface area contributed by atoms with Crippen LogP contribution in [0.2, 0.25) is 0 Å². The van der Waals surface area contributed by atoms with Crippen LogP contribution in [0.4, 0.5) is 11.6 Å². The van der Waals surface area contributed by atoms with E-state index in [1.807, 2.05) is 18.2 Å². The summed E-state index contributed by atoms with van der Waals surface area (Å²) in [5, 5.41) is 3.57. The van der Waals surface area contributed by atoms with Gasteiger partial charge in [-0.1, -0.05) is 0 Å². The van der Waals surface area contributed by atoms with E-state index in [0.29, 0.717) is 11.9 Å². The molecule has 0 unspecified atom stereocenters. The van der Waals surface area contributed by atoms with E-state index in [0.717, 1.165) is 49.1 Å². The predicted molar refractivity (Wildman–Crippen MR) is 97.0 cm³/mol. The van der Waals surface area contributed by atoms with Crippen molar-refractivity contribution in [2.24, 2.45) is 0 Å². The first-order chi connectivity index (χ1) is 12.2. The number of methoxy groups -OCH3 is 3. The van der Waals surface area contributed by atoms with Crippen molar-refractivity contribution < 1.29 is 14.2 Å². The molecule has 1 aromatic carbocycles. The molecule has 134 valence electrons. The van der Waals surface area contributed by atoms with E-state index in [9.17, 15) is 0 Å². The Morgan fingerprint density at radius 1 is 1.00 bits per heavy atom. The second-order valence-corrected chi connectivity index (χ2v) is 5.91. The van der Waals surface area contributed by atoms with Crippen LogP contribution in [0.3, 0.4) is 0 Å². The molecule has 1 aromatic heterocycles. The van der Waals surface area contributed by atoms with Gasteiger partial charge in [-0.2, -0.15) is 4.98 Å². The number of anilines is 2. The van der Waals surface area contributed by atoms with Crippen LogP contribution in [0, 0.1) is 0 Å². The van der Waals surface area contributed by atoms with Crippen LogP contribution in [0.5, 0.6) is 17.4 Å². The summed E-state index contributed by atoms with van der Waals surface area (Å²) in [6.45, 7) is 1.79. The monoisotopic (exact) mass is 344 g/mol. The number of hydrogen-bond acceptors (Lipinski definition) is 7. The topological polar surface area (TPSA) is 68.7 Å². The summed E-state index contributed by atoms with van der Waals surface area (Å²) in [5.74, 6) is 2.88. The zero-order valence-corrected chi connectivity index (χ0v) is 14.9. The lowest BCUT2D eigenvalue weighted by Crippen LogP contribution is -2.40. The zero-order chi connectivity index (χ0) is 17.6. The molecule has 1 aliphatic rings. The van der Waals surface area contributed by atoms with E-state index in [-0.39, 0.29) is 0 Å². The standard InChI is InChI=1S/C18H24N4O3/c1-23-15-10-14(11-16(12-15)24-2)20-13-5-8-22(9-6-13)18-19-7-4-17(21-18)25-3/h4,7,10-13,20H,5-6,8-9H2,1-3H3. The Bertz CT molecular complexity index is 680. The lowest BCUT2D eigenvalue weighted by atomic mass is 10.0. The third kappa shape index (κ3) is 4.23. The van der Waals surface area contributed by atoms with Crippen molar-refractivity contribution in [3.05, 3.63) is 30.5 Å². The number of rotatable bonds is 6. The molecular formula is C18H24N4O3. The molecule has 1 fully saturated rings. The van der Waals surface area contributed by atoms with Crippen LogP contribution in [-0.2, 0) is 0 Å².